The van der Waals surface area contributed by atoms with Gasteiger partial charge in [-0.25, -0.2) is 0 Å². The maximum atomic E-state index is 14.1. The highest BCUT2D eigenvalue weighted by molar-refractivity contribution is 5.99. The molecule has 8 heteroatoms. The van der Waals surface area contributed by atoms with Gasteiger partial charge in [-0.05, 0) is 75.0 Å². The molecular weight excluding hydrogens is 502 g/mol. The molecule has 0 saturated heterocycles. The second kappa shape index (κ2) is 12.5. The third-order valence-corrected chi connectivity index (χ3v) is 7.91. The van der Waals surface area contributed by atoms with Crippen LogP contribution in [0.5, 0.6) is 5.75 Å². The van der Waals surface area contributed by atoms with Crippen molar-refractivity contribution in [2.24, 2.45) is 7.05 Å². The summed E-state index contributed by atoms with van der Waals surface area (Å²) in [4.78, 5) is 35.2. The molecule has 3 aromatic rings. The average Bonchev–Trinajstić information content (AvgIpc) is 2.96. The lowest BCUT2D eigenvalue weighted by Crippen LogP contribution is -2.40. The lowest BCUT2D eigenvalue weighted by Gasteiger charge is -2.35. The maximum absolute atomic E-state index is 14.1. The zero-order valence-corrected chi connectivity index (χ0v) is 24.5. The van der Waals surface area contributed by atoms with Gasteiger partial charge >= 0.3 is 0 Å². The number of hydrogen-bond acceptors (Lipinski definition) is 6. The smallest absolute Gasteiger partial charge is 0.254 e. The number of ether oxygens (including phenoxy) is 1. The minimum Gasteiger partial charge on any atom is -0.492 e. The topological polar surface area (TPSA) is 91.5 Å². The molecule has 1 aliphatic heterocycles. The fraction of sp³-hybridized carbons (Fsp3) is 0.438. The number of likely N-dealkylation sites (N-methyl/N-ethyl adjacent to an activating group) is 1. The van der Waals surface area contributed by atoms with E-state index in [0.717, 1.165) is 53.7 Å². The van der Waals surface area contributed by atoms with Gasteiger partial charge in [0.05, 0.1) is 18.3 Å². The third kappa shape index (κ3) is 5.80. The van der Waals surface area contributed by atoms with Crippen LogP contribution in [0.15, 0.2) is 41.5 Å². The highest BCUT2D eigenvalue weighted by Gasteiger charge is 2.32. The zero-order chi connectivity index (χ0) is 29.0. The third-order valence-electron chi connectivity index (χ3n) is 7.91. The number of hydrogen-bond donors (Lipinski definition) is 0. The number of nitriles is 1. The van der Waals surface area contributed by atoms with Gasteiger partial charge in [0.2, 0.25) is 0 Å². The first kappa shape index (κ1) is 29.0. The van der Waals surface area contributed by atoms with Crippen LogP contribution in [0.4, 0.5) is 0 Å². The van der Waals surface area contributed by atoms with E-state index in [2.05, 4.69) is 49.0 Å². The molecule has 0 radical (unpaired) electrons. The van der Waals surface area contributed by atoms with E-state index in [1.54, 1.807) is 23.7 Å². The standard InChI is InChI=1S/C32H39N5O3/c1-7-23-16-31(38)36(6)20-28(23)26-14-22(10-12-35(5)8-2)15-27-25(26)11-13-37(32(27)39)21(4)29-17-30(40-9-3)24(18-33)19-34-29/h14-17,19-21H,7-13H2,1-6H3/t21-/m0/s1. The SMILES string of the molecule is CCOc1cc([C@H](C)N2CCc3c(cc(CCN(C)CC)cc3-c3cn(C)c(=O)cc3CC)C2=O)ncc1C#N. The molecule has 2 aromatic heterocycles. The molecule has 3 heterocycles. The van der Waals surface area contributed by atoms with Crippen molar-refractivity contribution in [1.82, 2.24) is 19.4 Å². The van der Waals surface area contributed by atoms with Crippen LogP contribution in [0.3, 0.4) is 0 Å². The molecule has 0 saturated carbocycles. The van der Waals surface area contributed by atoms with Crippen LogP contribution in [0.2, 0.25) is 0 Å². The highest BCUT2D eigenvalue weighted by atomic mass is 16.5. The summed E-state index contributed by atoms with van der Waals surface area (Å²) in [6.45, 7) is 10.8. The summed E-state index contributed by atoms with van der Waals surface area (Å²) in [7, 11) is 3.87. The van der Waals surface area contributed by atoms with Gasteiger partial charge in [0.25, 0.3) is 11.5 Å². The van der Waals surface area contributed by atoms with Gasteiger partial charge in [-0.1, -0.05) is 19.9 Å². The predicted molar refractivity (Wildman–Crippen MR) is 157 cm³/mol. The van der Waals surface area contributed by atoms with Gasteiger partial charge in [0.1, 0.15) is 17.4 Å². The Hall–Kier alpha value is -3.96. The molecule has 0 N–H and O–H groups in total. The number of carbonyl (C=O) groups excluding carboxylic acids is 1. The molecule has 0 aliphatic carbocycles. The van der Waals surface area contributed by atoms with Crippen LogP contribution in [-0.2, 0) is 26.3 Å². The van der Waals surface area contributed by atoms with Crippen molar-refractivity contribution in [3.05, 3.63) is 80.5 Å². The average molecular weight is 542 g/mol. The molecule has 1 aliphatic rings. The van der Waals surface area contributed by atoms with E-state index in [9.17, 15) is 14.9 Å². The summed E-state index contributed by atoms with van der Waals surface area (Å²) in [5.74, 6) is 0.450. The van der Waals surface area contributed by atoms with E-state index in [1.165, 1.54) is 6.20 Å². The van der Waals surface area contributed by atoms with Crippen molar-refractivity contribution in [3.63, 3.8) is 0 Å². The monoisotopic (exact) mass is 541 g/mol. The molecule has 0 unspecified atom stereocenters. The summed E-state index contributed by atoms with van der Waals surface area (Å²) in [5.41, 5.74) is 6.90. The van der Waals surface area contributed by atoms with Crippen LogP contribution in [0.25, 0.3) is 11.1 Å². The second-order valence-corrected chi connectivity index (χ2v) is 10.4. The number of carbonyl (C=O) groups is 1. The Morgan fingerprint density at radius 3 is 2.55 bits per heavy atom. The Bertz CT molecular complexity index is 1500. The van der Waals surface area contributed by atoms with Crippen molar-refractivity contribution in [2.45, 2.75) is 53.0 Å². The Kier molecular flexibility index (Phi) is 9.06. The van der Waals surface area contributed by atoms with E-state index in [1.807, 2.05) is 24.9 Å². The van der Waals surface area contributed by atoms with Gasteiger partial charge in [-0.3, -0.25) is 14.6 Å². The van der Waals surface area contributed by atoms with Crippen molar-refractivity contribution in [3.8, 4) is 22.9 Å². The van der Waals surface area contributed by atoms with E-state index >= 15 is 0 Å². The number of aryl methyl sites for hydroxylation is 2. The summed E-state index contributed by atoms with van der Waals surface area (Å²) in [5, 5.41) is 9.43. The Balaban J connectivity index is 1.79. The molecular formula is C32H39N5O3. The van der Waals surface area contributed by atoms with Gasteiger partial charge in [-0.15, -0.1) is 0 Å². The van der Waals surface area contributed by atoms with Gasteiger partial charge < -0.3 is 19.1 Å². The molecule has 210 valence electrons. The first-order chi connectivity index (χ1) is 19.2. The highest BCUT2D eigenvalue weighted by Crippen LogP contribution is 2.36. The van der Waals surface area contributed by atoms with E-state index in [-0.39, 0.29) is 17.5 Å². The van der Waals surface area contributed by atoms with Crippen LogP contribution < -0.4 is 10.3 Å². The molecule has 0 spiro atoms. The molecule has 8 nitrogen and oxygen atoms in total. The number of aromatic nitrogens is 2. The van der Waals surface area contributed by atoms with Crippen LogP contribution in [0, 0.1) is 11.3 Å². The van der Waals surface area contributed by atoms with Crippen molar-refractivity contribution < 1.29 is 9.53 Å². The van der Waals surface area contributed by atoms with E-state index < -0.39 is 0 Å². The van der Waals surface area contributed by atoms with Gasteiger partial charge in [0.15, 0.2) is 0 Å². The fourth-order valence-electron chi connectivity index (χ4n) is 5.32. The predicted octanol–water partition coefficient (Wildman–Crippen LogP) is 4.53. The number of amides is 1. The first-order valence-corrected chi connectivity index (χ1v) is 14.1. The number of rotatable bonds is 10. The number of pyridine rings is 2. The Morgan fingerprint density at radius 1 is 1.12 bits per heavy atom. The lowest BCUT2D eigenvalue weighted by molar-refractivity contribution is 0.0669. The number of benzene rings is 1. The minimum absolute atomic E-state index is 0.0346. The zero-order valence-electron chi connectivity index (χ0n) is 24.5. The quantitative estimate of drug-likeness (QED) is 0.375. The van der Waals surface area contributed by atoms with Crippen LogP contribution in [-0.4, -0.2) is 58.5 Å². The summed E-state index contributed by atoms with van der Waals surface area (Å²) in [6, 6.07) is 9.58. The van der Waals surface area contributed by atoms with Crippen molar-refractivity contribution in [2.75, 3.05) is 33.3 Å². The largest absolute Gasteiger partial charge is 0.492 e. The molecule has 4 rings (SSSR count). The molecule has 1 aromatic carbocycles. The van der Waals surface area contributed by atoms with E-state index in [0.29, 0.717) is 42.1 Å². The lowest BCUT2D eigenvalue weighted by atomic mass is 9.86. The molecule has 0 bridgehead atoms. The number of fused-ring (bicyclic) bond motifs is 1. The van der Waals surface area contributed by atoms with Crippen LogP contribution >= 0.6 is 0 Å². The summed E-state index contributed by atoms with van der Waals surface area (Å²) < 4.78 is 7.29. The first-order valence-electron chi connectivity index (χ1n) is 14.1. The van der Waals surface area contributed by atoms with E-state index in [4.69, 9.17) is 4.74 Å². The maximum Gasteiger partial charge on any atom is 0.254 e. The molecule has 1 amide bonds. The van der Waals surface area contributed by atoms with Gasteiger partial charge in [0, 0.05) is 55.8 Å². The fourth-order valence-corrected chi connectivity index (χ4v) is 5.32. The summed E-state index contributed by atoms with van der Waals surface area (Å²) in [6.07, 6.45) is 5.67. The summed E-state index contributed by atoms with van der Waals surface area (Å²) >= 11 is 0. The van der Waals surface area contributed by atoms with Crippen molar-refractivity contribution >= 4 is 5.91 Å². The second-order valence-electron chi connectivity index (χ2n) is 10.4. The van der Waals surface area contributed by atoms with Crippen LogP contribution in [0.1, 0.15) is 72.0 Å². The minimum atomic E-state index is -0.297. The molecule has 1 atom stereocenters. The molecule has 40 heavy (non-hydrogen) atoms. The number of nitrogens with zero attached hydrogens (tertiary/aromatic N) is 5. The van der Waals surface area contributed by atoms with Gasteiger partial charge in [-0.2, -0.15) is 5.26 Å². The Labute approximate surface area is 236 Å². The Morgan fingerprint density at radius 2 is 1.88 bits per heavy atom. The van der Waals surface area contributed by atoms with Crippen molar-refractivity contribution in [1.29, 1.82) is 5.26 Å². The normalized spacial score (nSPS) is 13.8. The molecule has 0 fully saturated rings.